The lowest BCUT2D eigenvalue weighted by Gasteiger charge is -2.13. The van der Waals surface area contributed by atoms with Crippen LogP contribution in [-0.4, -0.2) is 17.8 Å². The highest BCUT2D eigenvalue weighted by Gasteiger charge is 2.17. The van der Waals surface area contributed by atoms with Crippen molar-refractivity contribution in [1.29, 1.82) is 0 Å². The molecular formula is C10H11NO2S. The Hall–Kier alpha value is -1.29. The molecule has 0 aliphatic heterocycles. The van der Waals surface area contributed by atoms with E-state index in [9.17, 15) is 9.59 Å². The average molecular weight is 209 g/mol. The van der Waals surface area contributed by atoms with Crippen LogP contribution in [0, 0.1) is 0 Å². The summed E-state index contributed by atoms with van der Waals surface area (Å²) in [5.74, 6) is 0. The second kappa shape index (κ2) is 5.44. The average Bonchev–Trinajstić information content (AvgIpc) is 2.26. The molecule has 1 aromatic rings. The molecule has 1 N–H and O–H groups in total. The van der Waals surface area contributed by atoms with E-state index in [2.05, 4.69) is 5.32 Å². The molecular weight excluding hydrogens is 198 g/mol. The van der Waals surface area contributed by atoms with E-state index in [-0.39, 0.29) is 5.12 Å². The Bertz CT molecular complexity index is 313. The number of hydrogen-bond donors (Lipinski definition) is 1. The van der Waals surface area contributed by atoms with Crippen LogP contribution in [0.5, 0.6) is 0 Å². The lowest BCUT2D eigenvalue weighted by Crippen LogP contribution is -2.25. The summed E-state index contributed by atoms with van der Waals surface area (Å²) in [7, 11) is 0. The molecule has 0 bridgehead atoms. The first-order valence-corrected chi connectivity index (χ1v) is 5.34. The van der Waals surface area contributed by atoms with Crippen molar-refractivity contribution in [3.63, 3.8) is 0 Å². The minimum absolute atomic E-state index is 0.0664. The molecule has 0 unspecified atom stereocenters. The molecule has 0 heterocycles. The molecule has 0 radical (unpaired) electrons. The predicted molar refractivity (Wildman–Crippen MR) is 56.9 cm³/mol. The summed E-state index contributed by atoms with van der Waals surface area (Å²) in [6.07, 6.45) is 2.25. The second-order valence-electron chi connectivity index (χ2n) is 2.65. The molecule has 0 saturated heterocycles. The van der Waals surface area contributed by atoms with Crippen LogP contribution in [0.1, 0.15) is 11.6 Å². The van der Waals surface area contributed by atoms with Crippen molar-refractivity contribution in [1.82, 2.24) is 5.32 Å². The Morgan fingerprint density at radius 3 is 2.57 bits per heavy atom. The van der Waals surface area contributed by atoms with Crippen LogP contribution in [0.25, 0.3) is 0 Å². The number of benzene rings is 1. The summed E-state index contributed by atoms with van der Waals surface area (Å²) in [4.78, 5) is 21.8. The van der Waals surface area contributed by atoms with E-state index in [1.54, 1.807) is 6.26 Å². The zero-order valence-corrected chi connectivity index (χ0v) is 8.58. The van der Waals surface area contributed by atoms with Gasteiger partial charge in [0.2, 0.25) is 11.5 Å². The molecule has 0 saturated carbocycles. The van der Waals surface area contributed by atoms with Gasteiger partial charge in [-0.3, -0.25) is 9.59 Å². The van der Waals surface area contributed by atoms with Crippen molar-refractivity contribution in [3.8, 4) is 0 Å². The molecule has 1 amide bonds. The smallest absolute Gasteiger partial charge is 0.215 e. The van der Waals surface area contributed by atoms with Crippen LogP contribution in [0.4, 0.5) is 0 Å². The van der Waals surface area contributed by atoms with Crippen molar-refractivity contribution < 1.29 is 9.59 Å². The van der Waals surface area contributed by atoms with E-state index in [1.165, 1.54) is 0 Å². The van der Waals surface area contributed by atoms with Crippen molar-refractivity contribution in [3.05, 3.63) is 35.9 Å². The third-order valence-electron chi connectivity index (χ3n) is 1.80. The summed E-state index contributed by atoms with van der Waals surface area (Å²) < 4.78 is 0. The first kappa shape index (κ1) is 10.8. The third kappa shape index (κ3) is 2.60. The summed E-state index contributed by atoms with van der Waals surface area (Å²) in [5, 5.41) is 2.43. The minimum atomic E-state index is -0.538. The van der Waals surface area contributed by atoms with Gasteiger partial charge >= 0.3 is 0 Å². The molecule has 14 heavy (non-hydrogen) atoms. The topological polar surface area (TPSA) is 46.2 Å². The van der Waals surface area contributed by atoms with Crippen molar-refractivity contribution in [2.24, 2.45) is 0 Å². The van der Waals surface area contributed by atoms with Crippen LogP contribution in [0.3, 0.4) is 0 Å². The van der Waals surface area contributed by atoms with Crippen LogP contribution in [0.15, 0.2) is 30.3 Å². The molecule has 0 aliphatic rings. The van der Waals surface area contributed by atoms with E-state index in [4.69, 9.17) is 0 Å². The number of amides is 1. The van der Waals surface area contributed by atoms with E-state index < -0.39 is 6.04 Å². The van der Waals surface area contributed by atoms with Gasteiger partial charge in [0.15, 0.2) is 0 Å². The maximum absolute atomic E-state index is 11.4. The molecule has 0 spiro atoms. The Morgan fingerprint density at radius 1 is 1.43 bits per heavy atom. The highest BCUT2D eigenvalue weighted by atomic mass is 32.2. The summed E-state index contributed by atoms with van der Waals surface area (Å²) in [5.41, 5.74) is 0.805. The molecule has 74 valence electrons. The van der Waals surface area contributed by atoms with E-state index >= 15 is 0 Å². The summed E-state index contributed by atoms with van der Waals surface area (Å²) in [6.45, 7) is 0. The Kier molecular flexibility index (Phi) is 4.19. The van der Waals surface area contributed by atoms with Gasteiger partial charge in [0.25, 0.3) is 0 Å². The normalized spacial score (nSPS) is 11.8. The molecule has 1 atom stereocenters. The molecule has 0 aliphatic carbocycles. The number of carbonyl (C=O) groups is 2. The van der Waals surface area contributed by atoms with Crippen LogP contribution >= 0.6 is 11.8 Å². The number of rotatable bonds is 4. The number of hydrogen-bond acceptors (Lipinski definition) is 3. The van der Waals surface area contributed by atoms with Gasteiger partial charge in [-0.05, 0) is 11.8 Å². The highest BCUT2D eigenvalue weighted by molar-refractivity contribution is 8.13. The molecule has 0 aromatic heterocycles. The van der Waals surface area contributed by atoms with Crippen molar-refractivity contribution in [2.75, 3.05) is 6.26 Å². The first-order valence-electron chi connectivity index (χ1n) is 4.12. The van der Waals surface area contributed by atoms with E-state index in [0.717, 1.165) is 17.3 Å². The molecule has 4 heteroatoms. The third-order valence-corrected chi connectivity index (χ3v) is 2.44. The minimum Gasteiger partial charge on any atom is -0.344 e. The standard InChI is InChI=1S/C10H11NO2S/c1-14-10(13)9(11-7-12)8-5-3-2-4-6-8/h2-7,9H,1H3,(H,11,12)/t9-/m0/s1. The van der Waals surface area contributed by atoms with Gasteiger partial charge in [0, 0.05) is 0 Å². The number of carbonyl (C=O) groups excluding carboxylic acids is 2. The van der Waals surface area contributed by atoms with Crippen molar-refractivity contribution >= 4 is 23.3 Å². The fourth-order valence-electron chi connectivity index (χ4n) is 1.13. The zero-order chi connectivity index (χ0) is 10.4. The second-order valence-corrected chi connectivity index (χ2v) is 3.46. The van der Waals surface area contributed by atoms with Gasteiger partial charge in [-0.1, -0.05) is 42.1 Å². The van der Waals surface area contributed by atoms with Crippen LogP contribution in [0.2, 0.25) is 0 Å². The first-order chi connectivity index (χ1) is 6.79. The summed E-state index contributed by atoms with van der Waals surface area (Å²) >= 11 is 1.11. The van der Waals surface area contributed by atoms with Gasteiger partial charge in [-0.15, -0.1) is 0 Å². The summed E-state index contributed by atoms with van der Waals surface area (Å²) in [6, 6.07) is 8.63. The lowest BCUT2D eigenvalue weighted by atomic mass is 10.1. The van der Waals surface area contributed by atoms with E-state index in [1.807, 2.05) is 30.3 Å². The molecule has 3 nitrogen and oxygen atoms in total. The number of nitrogens with one attached hydrogen (secondary N) is 1. The van der Waals surface area contributed by atoms with Gasteiger partial charge in [-0.2, -0.15) is 0 Å². The van der Waals surface area contributed by atoms with Gasteiger partial charge in [-0.25, -0.2) is 0 Å². The molecule has 1 rings (SSSR count). The molecule has 1 aromatic carbocycles. The van der Waals surface area contributed by atoms with Gasteiger partial charge < -0.3 is 5.32 Å². The fraction of sp³-hybridized carbons (Fsp3) is 0.200. The Labute approximate surface area is 86.9 Å². The predicted octanol–water partition coefficient (Wildman–Crippen LogP) is 1.36. The van der Waals surface area contributed by atoms with Crippen LogP contribution < -0.4 is 5.32 Å². The maximum atomic E-state index is 11.4. The Balaban J connectivity index is 2.88. The fourth-order valence-corrected chi connectivity index (χ4v) is 1.57. The Morgan fingerprint density at radius 2 is 2.07 bits per heavy atom. The largest absolute Gasteiger partial charge is 0.344 e. The quantitative estimate of drug-likeness (QED) is 0.762. The lowest BCUT2D eigenvalue weighted by molar-refractivity contribution is -0.117. The monoisotopic (exact) mass is 209 g/mol. The van der Waals surface area contributed by atoms with Crippen molar-refractivity contribution in [2.45, 2.75) is 6.04 Å². The molecule has 0 fully saturated rings. The van der Waals surface area contributed by atoms with Gasteiger partial charge in [0.05, 0.1) is 0 Å². The van der Waals surface area contributed by atoms with Crippen LogP contribution in [-0.2, 0) is 9.59 Å². The zero-order valence-electron chi connectivity index (χ0n) is 7.77. The maximum Gasteiger partial charge on any atom is 0.215 e. The van der Waals surface area contributed by atoms with Gasteiger partial charge in [0.1, 0.15) is 6.04 Å². The number of thioether (sulfide) groups is 1. The van der Waals surface area contributed by atoms with E-state index in [0.29, 0.717) is 6.41 Å². The SMILES string of the molecule is CSC(=O)[C@@H](NC=O)c1ccccc1. The highest BCUT2D eigenvalue weighted by Crippen LogP contribution is 2.17.